The third-order valence-corrected chi connectivity index (χ3v) is 4.77. The van der Waals surface area contributed by atoms with E-state index in [2.05, 4.69) is 36.1 Å². The molecule has 0 saturated heterocycles. The Morgan fingerprint density at radius 3 is 2.23 bits per heavy atom. The highest BCUT2D eigenvalue weighted by Crippen LogP contribution is 2.31. The Morgan fingerprint density at radius 2 is 1.74 bits per heavy atom. The van der Waals surface area contributed by atoms with Gasteiger partial charge in [-0.1, -0.05) is 32.9 Å². The summed E-state index contributed by atoms with van der Waals surface area (Å²) in [6.45, 7) is 12.0. The number of nitrogens with zero attached hydrogens (tertiary/aromatic N) is 2. The largest absolute Gasteiger partial charge is 0.459 e. The van der Waals surface area contributed by atoms with E-state index in [9.17, 15) is 9.59 Å². The molecule has 0 aliphatic heterocycles. The second-order valence-electron chi connectivity index (χ2n) is 9.59. The molecular weight excluding hydrogens is 392 g/mol. The molecule has 1 unspecified atom stereocenters. The minimum atomic E-state index is -0.983. The zero-order chi connectivity index (χ0) is 22.8. The summed E-state index contributed by atoms with van der Waals surface area (Å²) in [7, 11) is 0. The van der Waals surface area contributed by atoms with E-state index in [1.807, 2.05) is 45.0 Å². The van der Waals surface area contributed by atoms with Crippen molar-refractivity contribution in [2.24, 2.45) is 0 Å². The number of furan rings is 1. The van der Waals surface area contributed by atoms with Gasteiger partial charge in [-0.25, -0.2) is 4.98 Å². The van der Waals surface area contributed by atoms with Crippen LogP contribution in [0.15, 0.2) is 59.6 Å². The first kappa shape index (κ1) is 22.3. The number of carbonyl (C=O) groups excluding carboxylic acids is 2. The van der Waals surface area contributed by atoms with E-state index in [0.29, 0.717) is 11.4 Å². The maximum absolute atomic E-state index is 13.5. The SMILES string of the molecule is CC(C)(C)NC(=O)C(c1c[nH]cn1)N(C(=O)c1ccco1)c1ccc(C(C)(C)C)cc1. The van der Waals surface area contributed by atoms with Gasteiger partial charge in [0.25, 0.3) is 5.91 Å². The molecule has 0 radical (unpaired) electrons. The molecule has 0 saturated carbocycles. The highest BCUT2D eigenvalue weighted by Gasteiger charge is 2.37. The van der Waals surface area contributed by atoms with Crippen molar-refractivity contribution in [1.82, 2.24) is 15.3 Å². The molecule has 2 aromatic heterocycles. The number of hydrogen-bond donors (Lipinski definition) is 2. The summed E-state index contributed by atoms with van der Waals surface area (Å²) in [4.78, 5) is 35.5. The lowest BCUT2D eigenvalue weighted by Gasteiger charge is -2.32. The number of anilines is 1. The number of hydrogen-bond acceptors (Lipinski definition) is 4. The number of H-pyrrole nitrogens is 1. The van der Waals surface area contributed by atoms with Crippen LogP contribution in [-0.4, -0.2) is 27.3 Å². The average molecular weight is 423 g/mol. The summed E-state index contributed by atoms with van der Waals surface area (Å²) >= 11 is 0. The molecule has 0 spiro atoms. The Morgan fingerprint density at radius 1 is 1.06 bits per heavy atom. The molecule has 3 aromatic rings. The fourth-order valence-corrected chi connectivity index (χ4v) is 3.27. The Bertz CT molecular complexity index is 1010. The van der Waals surface area contributed by atoms with E-state index in [4.69, 9.17) is 4.42 Å². The van der Waals surface area contributed by atoms with Crippen LogP contribution in [0.2, 0.25) is 0 Å². The van der Waals surface area contributed by atoms with Crippen LogP contribution in [0.25, 0.3) is 0 Å². The van der Waals surface area contributed by atoms with Crippen molar-refractivity contribution in [3.63, 3.8) is 0 Å². The van der Waals surface area contributed by atoms with E-state index in [-0.39, 0.29) is 17.1 Å². The Hall–Kier alpha value is -3.35. The van der Waals surface area contributed by atoms with E-state index >= 15 is 0 Å². The molecule has 7 nitrogen and oxygen atoms in total. The second kappa shape index (κ2) is 8.41. The topological polar surface area (TPSA) is 91.2 Å². The summed E-state index contributed by atoms with van der Waals surface area (Å²) in [5, 5.41) is 2.98. The maximum atomic E-state index is 13.5. The lowest BCUT2D eigenvalue weighted by Crippen LogP contribution is -2.49. The Kier molecular flexibility index (Phi) is 6.06. The van der Waals surface area contributed by atoms with Crippen molar-refractivity contribution in [1.29, 1.82) is 0 Å². The first-order valence-corrected chi connectivity index (χ1v) is 10.3. The third kappa shape index (κ3) is 5.23. The van der Waals surface area contributed by atoms with Gasteiger partial charge in [-0.15, -0.1) is 0 Å². The van der Waals surface area contributed by atoms with Crippen molar-refractivity contribution in [3.05, 3.63) is 72.2 Å². The third-order valence-electron chi connectivity index (χ3n) is 4.77. The molecule has 0 fully saturated rings. The molecule has 164 valence electrons. The lowest BCUT2D eigenvalue weighted by atomic mass is 9.87. The van der Waals surface area contributed by atoms with Crippen LogP contribution >= 0.6 is 0 Å². The van der Waals surface area contributed by atoms with Gasteiger partial charge in [-0.05, 0) is 56.0 Å². The van der Waals surface area contributed by atoms with Crippen molar-refractivity contribution in [2.75, 3.05) is 4.90 Å². The van der Waals surface area contributed by atoms with Crippen LogP contribution in [0, 0.1) is 0 Å². The molecular formula is C24H30N4O3. The molecule has 0 aliphatic rings. The second-order valence-corrected chi connectivity index (χ2v) is 9.59. The molecule has 7 heteroatoms. The highest BCUT2D eigenvalue weighted by molar-refractivity contribution is 6.08. The van der Waals surface area contributed by atoms with Crippen LogP contribution in [0.3, 0.4) is 0 Å². The molecule has 2 amide bonds. The van der Waals surface area contributed by atoms with Gasteiger partial charge in [-0.3, -0.25) is 14.5 Å². The van der Waals surface area contributed by atoms with Crippen molar-refractivity contribution >= 4 is 17.5 Å². The monoisotopic (exact) mass is 422 g/mol. The van der Waals surface area contributed by atoms with Crippen molar-refractivity contribution < 1.29 is 14.0 Å². The highest BCUT2D eigenvalue weighted by atomic mass is 16.3. The van der Waals surface area contributed by atoms with Crippen LogP contribution in [-0.2, 0) is 10.2 Å². The van der Waals surface area contributed by atoms with Gasteiger partial charge < -0.3 is 14.7 Å². The number of amides is 2. The van der Waals surface area contributed by atoms with Gasteiger partial charge in [0.1, 0.15) is 0 Å². The molecule has 1 aromatic carbocycles. The number of nitrogens with one attached hydrogen (secondary N) is 2. The summed E-state index contributed by atoms with van der Waals surface area (Å²) in [5.41, 5.74) is 1.60. The number of imidazole rings is 1. The van der Waals surface area contributed by atoms with Gasteiger partial charge in [0.05, 0.1) is 18.3 Å². The summed E-state index contributed by atoms with van der Waals surface area (Å²) in [6.07, 6.45) is 4.55. The Labute approximate surface area is 182 Å². The molecule has 0 bridgehead atoms. The standard InChI is InChI=1S/C24H30N4O3/c1-23(2,3)16-9-11-17(12-10-16)28(22(30)19-8-7-13-31-19)20(18-14-25-15-26-18)21(29)27-24(4,5)6/h7-15,20H,1-6H3,(H,25,26)(H,27,29). The van der Waals surface area contributed by atoms with Crippen molar-refractivity contribution in [3.8, 4) is 0 Å². The van der Waals surface area contributed by atoms with Crippen molar-refractivity contribution in [2.45, 2.75) is 58.5 Å². The van der Waals surface area contributed by atoms with Gasteiger partial charge in [0.2, 0.25) is 5.91 Å². The Balaban J connectivity index is 2.12. The molecule has 3 rings (SSSR count). The maximum Gasteiger partial charge on any atom is 0.295 e. The predicted octanol–water partition coefficient (Wildman–Crippen LogP) is 4.60. The molecule has 1 atom stereocenters. The quantitative estimate of drug-likeness (QED) is 0.628. The van der Waals surface area contributed by atoms with E-state index in [1.54, 1.807) is 18.3 Å². The van der Waals surface area contributed by atoms with Gasteiger partial charge in [0.15, 0.2) is 11.8 Å². The summed E-state index contributed by atoms with van der Waals surface area (Å²) in [5.74, 6) is -0.617. The number of aromatic amines is 1. The summed E-state index contributed by atoms with van der Waals surface area (Å²) < 4.78 is 5.37. The first-order chi connectivity index (χ1) is 14.5. The van der Waals surface area contributed by atoms with Crippen LogP contribution < -0.4 is 10.2 Å². The van der Waals surface area contributed by atoms with Gasteiger partial charge in [-0.2, -0.15) is 0 Å². The fourth-order valence-electron chi connectivity index (χ4n) is 3.27. The van der Waals surface area contributed by atoms with E-state index in [1.165, 1.54) is 17.5 Å². The number of benzene rings is 1. The van der Waals surface area contributed by atoms with Crippen LogP contribution in [0.1, 0.15) is 69.4 Å². The van der Waals surface area contributed by atoms with E-state index < -0.39 is 17.5 Å². The predicted molar refractivity (Wildman–Crippen MR) is 120 cm³/mol. The van der Waals surface area contributed by atoms with Gasteiger partial charge >= 0.3 is 0 Å². The fraction of sp³-hybridized carbons (Fsp3) is 0.375. The molecule has 2 N–H and O–H groups in total. The minimum Gasteiger partial charge on any atom is -0.459 e. The van der Waals surface area contributed by atoms with Crippen LogP contribution in [0.5, 0.6) is 0 Å². The molecule has 2 heterocycles. The number of aromatic nitrogens is 2. The first-order valence-electron chi connectivity index (χ1n) is 10.3. The van der Waals surface area contributed by atoms with Crippen LogP contribution in [0.4, 0.5) is 5.69 Å². The van der Waals surface area contributed by atoms with Gasteiger partial charge in [0, 0.05) is 17.4 Å². The lowest BCUT2D eigenvalue weighted by molar-refractivity contribution is -0.124. The zero-order valence-corrected chi connectivity index (χ0v) is 18.9. The summed E-state index contributed by atoms with van der Waals surface area (Å²) in [6, 6.07) is 9.90. The number of carbonyl (C=O) groups is 2. The molecule has 31 heavy (non-hydrogen) atoms. The van der Waals surface area contributed by atoms with E-state index in [0.717, 1.165) is 5.56 Å². The average Bonchev–Trinajstić information content (AvgIpc) is 3.37. The zero-order valence-electron chi connectivity index (χ0n) is 18.9. The minimum absolute atomic E-state index is 0.0421. The number of rotatable bonds is 5. The molecule has 0 aliphatic carbocycles. The normalized spacial score (nSPS) is 13.0. The smallest absolute Gasteiger partial charge is 0.295 e.